The van der Waals surface area contributed by atoms with E-state index >= 15 is 0 Å². The number of halogens is 1. The van der Waals surface area contributed by atoms with Crippen molar-refractivity contribution in [2.24, 2.45) is 0 Å². The Hall–Kier alpha value is -3.54. The van der Waals surface area contributed by atoms with E-state index < -0.39 is 0 Å². The maximum Gasteiger partial charge on any atom is 0.225 e. The topological polar surface area (TPSA) is 78.3 Å². The molecular weight excluding hydrogens is 518 g/mol. The van der Waals surface area contributed by atoms with Crippen molar-refractivity contribution in [3.63, 3.8) is 0 Å². The lowest BCUT2D eigenvalue weighted by atomic mass is 10.1. The van der Waals surface area contributed by atoms with Gasteiger partial charge >= 0.3 is 0 Å². The van der Waals surface area contributed by atoms with E-state index in [0.29, 0.717) is 23.1 Å². The fourth-order valence-corrected chi connectivity index (χ4v) is 5.51. The van der Waals surface area contributed by atoms with E-state index in [2.05, 4.69) is 52.5 Å². The molecule has 0 amide bonds. The largest absolute Gasteiger partial charge is 0.496 e. The summed E-state index contributed by atoms with van der Waals surface area (Å²) in [5.41, 5.74) is 2.72. The lowest BCUT2D eigenvalue weighted by Crippen LogP contribution is -2.52. The summed E-state index contributed by atoms with van der Waals surface area (Å²) in [5.74, 6) is 3.03. The number of anilines is 2. The van der Waals surface area contributed by atoms with Crippen LogP contribution in [-0.4, -0.2) is 108 Å². The molecule has 39 heavy (non-hydrogen) atoms. The number of imidazole rings is 1. The van der Waals surface area contributed by atoms with E-state index in [0.717, 1.165) is 81.1 Å². The Morgan fingerprint density at radius 2 is 1.51 bits per heavy atom. The van der Waals surface area contributed by atoms with Crippen LogP contribution in [0.1, 0.15) is 5.82 Å². The molecule has 2 saturated heterocycles. The van der Waals surface area contributed by atoms with Gasteiger partial charge in [-0.05, 0) is 13.1 Å². The second-order valence-corrected chi connectivity index (χ2v) is 10.4. The Kier molecular flexibility index (Phi) is 7.20. The summed E-state index contributed by atoms with van der Waals surface area (Å²) in [7, 11) is 5.38. The van der Waals surface area contributed by atoms with Gasteiger partial charge in [0, 0.05) is 82.6 Å². The third kappa shape index (κ3) is 5.21. The third-order valence-electron chi connectivity index (χ3n) is 7.66. The number of fused-ring (bicyclic) bond motifs is 1. The van der Waals surface area contributed by atoms with Crippen LogP contribution in [0, 0.1) is 0 Å². The van der Waals surface area contributed by atoms with Gasteiger partial charge in [0.1, 0.15) is 17.3 Å². The SMILES string of the molecule is COc1cc(OC)c(-c2cn3c(n2)CN(N2CCN(c4cnc(N5CCN(C)CC5)nc4)CC2)C=C3)cc1Cl. The molecule has 0 aliphatic carbocycles. The van der Waals surface area contributed by atoms with Crippen molar-refractivity contribution in [2.45, 2.75) is 6.54 Å². The summed E-state index contributed by atoms with van der Waals surface area (Å²) in [6.07, 6.45) is 10.1. The van der Waals surface area contributed by atoms with Gasteiger partial charge in [0.15, 0.2) is 0 Å². The van der Waals surface area contributed by atoms with Crippen LogP contribution in [-0.2, 0) is 6.54 Å². The number of rotatable bonds is 6. The highest BCUT2D eigenvalue weighted by Crippen LogP contribution is 2.38. The fourth-order valence-electron chi connectivity index (χ4n) is 5.27. The molecule has 0 radical (unpaired) electrons. The minimum absolute atomic E-state index is 0.522. The summed E-state index contributed by atoms with van der Waals surface area (Å²) in [4.78, 5) is 21.2. The molecule has 1 aromatic carbocycles. The number of hydrogen-bond donors (Lipinski definition) is 0. The van der Waals surface area contributed by atoms with Crippen LogP contribution < -0.4 is 19.3 Å². The molecule has 0 saturated carbocycles. The molecule has 0 bridgehead atoms. The van der Waals surface area contributed by atoms with Crippen molar-refractivity contribution in [3.05, 3.63) is 47.8 Å². The van der Waals surface area contributed by atoms with Gasteiger partial charge in [-0.25, -0.2) is 20.0 Å². The van der Waals surface area contributed by atoms with Crippen LogP contribution in [0.3, 0.4) is 0 Å². The van der Waals surface area contributed by atoms with Gasteiger partial charge in [0.05, 0.1) is 49.6 Å². The number of methoxy groups -OCH3 is 2. The number of likely N-dealkylation sites (N-methyl/N-ethyl adjacent to an activating group) is 1. The summed E-state index contributed by atoms with van der Waals surface area (Å²) in [6, 6.07) is 3.64. The molecule has 206 valence electrons. The standard InChI is InChI=1S/C27H34ClN9O2/c1-32-4-6-34(7-5-32)27-29-16-20(17-30-27)33-8-11-36(12-9-33)37-13-10-35-18-23(31-26(35)19-37)21-14-22(28)25(39-3)15-24(21)38-2/h10,13-18H,4-9,11-12,19H2,1-3H3. The molecule has 3 aliphatic rings. The first kappa shape index (κ1) is 25.7. The molecule has 2 fully saturated rings. The van der Waals surface area contributed by atoms with E-state index in [9.17, 15) is 0 Å². The summed E-state index contributed by atoms with van der Waals surface area (Å²) < 4.78 is 13.0. The Labute approximate surface area is 233 Å². The first-order valence-corrected chi connectivity index (χ1v) is 13.6. The Morgan fingerprint density at radius 1 is 0.821 bits per heavy atom. The van der Waals surface area contributed by atoms with Gasteiger partial charge in [0.25, 0.3) is 0 Å². The molecule has 3 aliphatic heterocycles. The minimum atomic E-state index is 0.522. The normalized spacial score (nSPS) is 18.4. The van der Waals surface area contributed by atoms with E-state index in [1.54, 1.807) is 20.3 Å². The smallest absolute Gasteiger partial charge is 0.225 e. The number of hydrazine groups is 1. The molecule has 3 aromatic rings. The average Bonchev–Trinajstić information content (AvgIpc) is 3.41. The van der Waals surface area contributed by atoms with Crippen molar-refractivity contribution >= 4 is 29.4 Å². The van der Waals surface area contributed by atoms with Gasteiger partial charge in [-0.2, -0.15) is 0 Å². The number of nitrogens with zero attached hydrogens (tertiary/aromatic N) is 9. The summed E-state index contributed by atoms with van der Waals surface area (Å²) >= 11 is 6.40. The van der Waals surface area contributed by atoms with Gasteiger partial charge in [-0.3, -0.25) is 0 Å². The van der Waals surface area contributed by atoms with E-state index in [-0.39, 0.29) is 0 Å². The lowest BCUT2D eigenvalue weighted by molar-refractivity contribution is 0.00499. The lowest BCUT2D eigenvalue weighted by Gasteiger charge is -2.42. The Morgan fingerprint density at radius 3 is 2.21 bits per heavy atom. The van der Waals surface area contributed by atoms with Crippen molar-refractivity contribution in [1.82, 2.24) is 34.4 Å². The molecule has 12 heteroatoms. The van der Waals surface area contributed by atoms with E-state index in [1.165, 1.54) is 0 Å². The van der Waals surface area contributed by atoms with Crippen molar-refractivity contribution in [3.8, 4) is 22.8 Å². The van der Waals surface area contributed by atoms with Crippen LogP contribution >= 0.6 is 11.6 Å². The maximum atomic E-state index is 6.40. The van der Waals surface area contributed by atoms with Crippen LogP contribution in [0.15, 0.2) is 36.9 Å². The van der Waals surface area contributed by atoms with Crippen molar-refractivity contribution < 1.29 is 9.47 Å². The number of benzene rings is 1. The van der Waals surface area contributed by atoms with Gasteiger partial charge in [-0.15, -0.1) is 0 Å². The predicted molar refractivity (Wildman–Crippen MR) is 152 cm³/mol. The van der Waals surface area contributed by atoms with Crippen LogP contribution in [0.2, 0.25) is 5.02 Å². The zero-order valence-electron chi connectivity index (χ0n) is 22.6. The average molecular weight is 552 g/mol. The minimum Gasteiger partial charge on any atom is -0.496 e. The fraction of sp³-hybridized carbons (Fsp3) is 0.444. The molecule has 11 nitrogen and oxygen atoms in total. The number of hydrogen-bond acceptors (Lipinski definition) is 10. The first-order chi connectivity index (χ1) is 19.0. The number of ether oxygens (including phenoxy) is 2. The molecule has 5 heterocycles. The highest BCUT2D eigenvalue weighted by molar-refractivity contribution is 6.32. The van der Waals surface area contributed by atoms with E-state index in [4.69, 9.17) is 26.1 Å². The van der Waals surface area contributed by atoms with Crippen LogP contribution in [0.5, 0.6) is 11.5 Å². The van der Waals surface area contributed by atoms with Gasteiger partial charge in [-0.1, -0.05) is 11.6 Å². The third-order valence-corrected chi connectivity index (χ3v) is 7.95. The second-order valence-electron chi connectivity index (χ2n) is 10.0. The van der Waals surface area contributed by atoms with Gasteiger partial charge < -0.3 is 33.7 Å². The van der Waals surface area contributed by atoms with Crippen molar-refractivity contribution in [1.29, 1.82) is 0 Å². The van der Waals surface area contributed by atoms with Crippen LogP contribution in [0.25, 0.3) is 17.5 Å². The quantitative estimate of drug-likeness (QED) is 0.456. The monoisotopic (exact) mass is 551 g/mol. The zero-order chi connectivity index (χ0) is 26.9. The highest BCUT2D eigenvalue weighted by atomic mass is 35.5. The molecule has 0 N–H and O–H groups in total. The first-order valence-electron chi connectivity index (χ1n) is 13.2. The number of piperazine rings is 2. The second kappa shape index (κ2) is 10.9. The Bertz CT molecular complexity index is 1330. The molecular formula is C27H34ClN9O2. The van der Waals surface area contributed by atoms with Gasteiger partial charge in [0.2, 0.25) is 5.95 Å². The highest BCUT2D eigenvalue weighted by Gasteiger charge is 2.25. The molecule has 6 rings (SSSR count). The zero-order valence-corrected chi connectivity index (χ0v) is 23.4. The number of aromatic nitrogens is 4. The maximum absolute atomic E-state index is 6.40. The Balaban J connectivity index is 1.08. The molecule has 0 spiro atoms. The summed E-state index contributed by atoms with van der Waals surface area (Å²) in [6.45, 7) is 8.34. The molecule has 0 unspecified atom stereocenters. The van der Waals surface area contributed by atoms with Crippen molar-refractivity contribution in [2.75, 3.05) is 83.4 Å². The van der Waals surface area contributed by atoms with E-state index in [1.807, 2.05) is 30.9 Å². The molecule has 2 aromatic heterocycles. The summed E-state index contributed by atoms with van der Waals surface area (Å²) in [5, 5.41) is 5.14. The predicted octanol–water partition coefficient (Wildman–Crippen LogP) is 2.74. The van der Waals surface area contributed by atoms with Crippen LogP contribution in [0.4, 0.5) is 11.6 Å². The molecule has 0 atom stereocenters.